The van der Waals surface area contributed by atoms with Crippen LogP contribution in [0.25, 0.3) is 11.5 Å². The molecule has 118 valence electrons. The number of ether oxygens (including phenoxy) is 1. The first kappa shape index (κ1) is 15.0. The van der Waals surface area contributed by atoms with Gasteiger partial charge in [0.15, 0.2) is 0 Å². The second-order valence-corrected chi connectivity index (χ2v) is 5.54. The number of benzene rings is 1. The van der Waals surface area contributed by atoms with Gasteiger partial charge in [0.05, 0.1) is 6.61 Å². The molecule has 0 atom stereocenters. The van der Waals surface area contributed by atoms with E-state index in [0.29, 0.717) is 17.9 Å². The smallest absolute Gasteiger partial charge is 0.263 e. The molecule has 1 aliphatic heterocycles. The molecular weight excluding hydrogens is 280 g/mol. The highest BCUT2D eigenvalue weighted by Crippen LogP contribution is 2.20. The summed E-state index contributed by atoms with van der Waals surface area (Å²) in [5.74, 6) is 1.13. The molecule has 0 radical (unpaired) electrons. The minimum atomic E-state index is 0.403. The number of methoxy groups -OCH3 is 1. The van der Waals surface area contributed by atoms with Crippen LogP contribution < -0.4 is 5.32 Å². The maximum atomic E-state index is 5.32. The normalized spacial score (nSPS) is 16.8. The number of rotatable bonds is 6. The molecule has 22 heavy (non-hydrogen) atoms. The van der Waals surface area contributed by atoms with Gasteiger partial charge in [0.25, 0.3) is 11.8 Å². The van der Waals surface area contributed by atoms with Crippen molar-refractivity contribution in [2.24, 2.45) is 0 Å². The Hall–Kier alpha value is -1.92. The molecule has 1 aromatic heterocycles. The van der Waals surface area contributed by atoms with Crippen LogP contribution in [0.5, 0.6) is 0 Å². The zero-order valence-electron chi connectivity index (χ0n) is 12.9. The number of hydrogen-bond donors (Lipinski definition) is 1. The van der Waals surface area contributed by atoms with Crippen molar-refractivity contribution in [3.8, 4) is 11.5 Å². The largest absolute Gasteiger partial charge is 0.383 e. The third-order valence-corrected chi connectivity index (χ3v) is 3.98. The van der Waals surface area contributed by atoms with Gasteiger partial charge < -0.3 is 19.5 Å². The molecule has 0 saturated carbocycles. The predicted octanol–water partition coefficient (Wildman–Crippen LogP) is 2.26. The van der Waals surface area contributed by atoms with Gasteiger partial charge in [-0.25, -0.2) is 0 Å². The average Bonchev–Trinajstić information content (AvgIpc) is 3.04. The van der Waals surface area contributed by atoms with Crippen molar-refractivity contribution in [3.63, 3.8) is 0 Å². The lowest BCUT2D eigenvalue weighted by atomic mass is 10.1. The summed E-state index contributed by atoms with van der Waals surface area (Å²) in [6, 6.07) is 10.2. The fourth-order valence-electron chi connectivity index (χ4n) is 2.68. The summed E-state index contributed by atoms with van der Waals surface area (Å²) < 4.78 is 10.4. The second kappa shape index (κ2) is 7.38. The third-order valence-electron chi connectivity index (χ3n) is 3.98. The van der Waals surface area contributed by atoms with E-state index in [1.54, 1.807) is 7.11 Å². The Bertz CT molecular complexity index is 565. The summed E-state index contributed by atoms with van der Waals surface area (Å²) >= 11 is 0. The van der Waals surface area contributed by atoms with Crippen molar-refractivity contribution in [2.45, 2.75) is 18.9 Å². The molecule has 1 fully saturated rings. The average molecular weight is 302 g/mol. The van der Waals surface area contributed by atoms with Crippen molar-refractivity contribution >= 4 is 5.95 Å². The summed E-state index contributed by atoms with van der Waals surface area (Å²) in [6.07, 6.45) is 2.16. The SMILES string of the molecule is COCCN1CCC(Nc2noc(-c3ccccc3)n2)CC1. The van der Waals surface area contributed by atoms with E-state index in [4.69, 9.17) is 9.26 Å². The number of hydrogen-bond acceptors (Lipinski definition) is 6. The number of anilines is 1. The van der Waals surface area contributed by atoms with E-state index in [1.165, 1.54) is 0 Å². The van der Waals surface area contributed by atoms with Crippen molar-refractivity contribution in [1.29, 1.82) is 0 Å². The standard InChI is InChI=1S/C16H22N4O2/c1-21-12-11-20-9-7-14(8-10-20)17-16-18-15(22-19-16)13-5-3-2-4-6-13/h2-6,14H,7-12H2,1H3,(H,17,19). The summed E-state index contributed by atoms with van der Waals surface area (Å²) in [6.45, 7) is 3.95. The van der Waals surface area contributed by atoms with Crippen molar-refractivity contribution in [1.82, 2.24) is 15.0 Å². The fraction of sp³-hybridized carbons (Fsp3) is 0.500. The molecule has 2 aromatic rings. The van der Waals surface area contributed by atoms with Crippen LogP contribution in [0.3, 0.4) is 0 Å². The Labute approximate surface area is 130 Å². The van der Waals surface area contributed by atoms with E-state index in [1.807, 2.05) is 30.3 Å². The lowest BCUT2D eigenvalue weighted by Gasteiger charge is -2.31. The van der Waals surface area contributed by atoms with Gasteiger partial charge in [-0.3, -0.25) is 0 Å². The van der Waals surface area contributed by atoms with Crippen LogP contribution in [0.4, 0.5) is 5.95 Å². The van der Waals surface area contributed by atoms with E-state index < -0.39 is 0 Å². The topological polar surface area (TPSA) is 63.4 Å². The molecule has 3 rings (SSSR count). The molecule has 1 aromatic carbocycles. The molecule has 0 bridgehead atoms. The molecule has 1 saturated heterocycles. The Morgan fingerprint density at radius 1 is 1.27 bits per heavy atom. The number of piperidine rings is 1. The molecule has 0 spiro atoms. The maximum Gasteiger partial charge on any atom is 0.263 e. The molecule has 2 heterocycles. The number of nitrogens with zero attached hydrogens (tertiary/aromatic N) is 3. The van der Waals surface area contributed by atoms with Crippen molar-refractivity contribution < 1.29 is 9.26 Å². The van der Waals surface area contributed by atoms with Crippen LogP contribution in [-0.2, 0) is 4.74 Å². The van der Waals surface area contributed by atoms with Crippen LogP contribution >= 0.6 is 0 Å². The molecule has 0 amide bonds. The van der Waals surface area contributed by atoms with Crippen LogP contribution in [0, 0.1) is 0 Å². The highest BCUT2D eigenvalue weighted by atomic mass is 16.5. The van der Waals surface area contributed by atoms with E-state index in [9.17, 15) is 0 Å². The molecule has 0 unspecified atom stereocenters. The van der Waals surface area contributed by atoms with Gasteiger partial charge in [-0.2, -0.15) is 4.98 Å². The number of aromatic nitrogens is 2. The monoisotopic (exact) mass is 302 g/mol. The molecular formula is C16H22N4O2. The lowest BCUT2D eigenvalue weighted by Crippen LogP contribution is -2.40. The number of nitrogens with one attached hydrogen (secondary N) is 1. The molecule has 1 aliphatic rings. The zero-order chi connectivity index (χ0) is 15.2. The van der Waals surface area contributed by atoms with Crippen molar-refractivity contribution in [3.05, 3.63) is 30.3 Å². The first-order valence-corrected chi connectivity index (χ1v) is 7.72. The first-order chi connectivity index (χ1) is 10.8. The number of likely N-dealkylation sites (tertiary alicyclic amines) is 1. The molecule has 0 aliphatic carbocycles. The molecule has 6 heteroatoms. The summed E-state index contributed by atoms with van der Waals surface area (Å²) in [5.41, 5.74) is 0.942. The highest BCUT2D eigenvalue weighted by Gasteiger charge is 2.20. The fourth-order valence-corrected chi connectivity index (χ4v) is 2.68. The minimum Gasteiger partial charge on any atom is -0.383 e. The van der Waals surface area contributed by atoms with E-state index in [0.717, 1.165) is 44.6 Å². The van der Waals surface area contributed by atoms with E-state index >= 15 is 0 Å². The van der Waals surface area contributed by atoms with Gasteiger partial charge in [-0.15, -0.1) is 0 Å². The van der Waals surface area contributed by atoms with Gasteiger partial charge >= 0.3 is 0 Å². The van der Waals surface area contributed by atoms with Gasteiger partial charge in [0, 0.05) is 38.3 Å². The molecule has 6 nitrogen and oxygen atoms in total. The summed E-state index contributed by atoms with van der Waals surface area (Å²) in [5, 5.41) is 7.40. The van der Waals surface area contributed by atoms with Gasteiger partial charge in [0.1, 0.15) is 0 Å². The second-order valence-electron chi connectivity index (χ2n) is 5.54. The van der Waals surface area contributed by atoms with Crippen LogP contribution in [0.1, 0.15) is 12.8 Å². The Morgan fingerprint density at radius 3 is 2.77 bits per heavy atom. The van der Waals surface area contributed by atoms with Crippen LogP contribution in [0.15, 0.2) is 34.9 Å². The van der Waals surface area contributed by atoms with Gasteiger partial charge in [-0.05, 0) is 30.1 Å². The van der Waals surface area contributed by atoms with Gasteiger partial charge in [-0.1, -0.05) is 18.2 Å². The quantitative estimate of drug-likeness (QED) is 0.883. The lowest BCUT2D eigenvalue weighted by molar-refractivity contribution is 0.132. The summed E-state index contributed by atoms with van der Waals surface area (Å²) in [7, 11) is 1.74. The Balaban J connectivity index is 1.51. The van der Waals surface area contributed by atoms with Gasteiger partial charge in [0.2, 0.25) is 0 Å². The maximum absolute atomic E-state index is 5.32. The third kappa shape index (κ3) is 3.84. The Morgan fingerprint density at radius 2 is 2.05 bits per heavy atom. The Kier molecular flexibility index (Phi) is 5.03. The highest BCUT2D eigenvalue weighted by molar-refractivity contribution is 5.53. The van der Waals surface area contributed by atoms with E-state index in [2.05, 4.69) is 20.4 Å². The predicted molar refractivity (Wildman–Crippen MR) is 84.7 cm³/mol. The molecule has 1 N–H and O–H groups in total. The van der Waals surface area contributed by atoms with Crippen LogP contribution in [0.2, 0.25) is 0 Å². The zero-order valence-corrected chi connectivity index (χ0v) is 12.9. The van der Waals surface area contributed by atoms with E-state index in [-0.39, 0.29) is 0 Å². The van der Waals surface area contributed by atoms with Crippen LogP contribution in [-0.4, -0.2) is 54.4 Å². The first-order valence-electron chi connectivity index (χ1n) is 7.72. The minimum absolute atomic E-state index is 0.403. The summed E-state index contributed by atoms with van der Waals surface area (Å²) in [4.78, 5) is 6.84. The van der Waals surface area contributed by atoms with Crippen molar-refractivity contribution in [2.75, 3.05) is 38.7 Å².